The summed E-state index contributed by atoms with van der Waals surface area (Å²) in [4.78, 5) is 10.7. The molecule has 1 aromatic carbocycles. The number of thiophene rings is 1. The van der Waals surface area contributed by atoms with E-state index < -0.39 is 5.60 Å². The predicted octanol–water partition coefficient (Wildman–Crippen LogP) is 3.47. The highest BCUT2D eigenvalue weighted by molar-refractivity contribution is 14.0. The number of guanidine groups is 1. The van der Waals surface area contributed by atoms with Crippen molar-refractivity contribution in [1.29, 1.82) is 0 Å². The fraction of sp³-hybridized carbons (Fsp3) is 0.542. The molecule has 1 aliphatic rings. The zero-order valence-electron chi connectivity index (χ0n) is 19.5. The molecular formula is C24H38IN5OS. The molecule has 0 aliphatic carbocycles. The average Bonchev–Trinajstić information content (AvgIpc) is 3.33. The summed E-state index contributed by atoms with van der Waals surface area (Å²) in [6, 6.07) is 12.7. The van der Waals surface area contributed by atoms with Gasteiger partial charge in [0.25, 0.3) is 0 Å². The molecule has 1 atom stereocenters. The van der Waals surface area contributed by atoms with E-state index in [1.807, 2.05) is 31.4 Å². The van der Waals surface area contributed by atoms with Gasteiger partial charge < -0.3 is 20.6 Å². The Labute approximate surface area is 214 Å². The highest BCUT2D eigenvalue weighted by atomic mass is 127. The third kappa shape index (κ3) is 8.30. The first kappa shape index (κ1) is 27.0. The fourth-order valence-corrected chi connectivity index (χ4v) is 4.50. The minimum atomic E-state index is -0.922. The van der Waals surface area contributed by atoms with Crippen LogP contribution in [0.25, 0.3) is 0 Å². The maximum Gasteiger partial charge on any atom is 0.191 e. The number of nitrogens with zero attached hydrogens (tertiary/aromatic N) is 3. The third-order valence-corrected chi connectivity index (χ3v) is 6.88. The number of halogens is 1. The van der Waals surface area contributed by atoms with E-state index in [1.165, 1.54) is 24.2 Å². The molecule has 0 bridgehead atoms. The molecule has 1 saturated heterocycles. The lowest BCUT2D eigenvalue weighted by atomic mass is 10.1. The van der Waals surface area contributed by atoms with Gasteiger partial charge in [0.05, 0.1) is 13.1 Å². The van der Waals surface area contributed by atoms with Gasteiger partial charge in [-0.1, -0.05) is 37.3 Å². The lowest BCUT2D eigenvalue weighted by Crippen LogP contribution is -2.45. The van der Waals surface area contributed by atoms with Crippen LogP contribution in [0.1, 0.15) is 36.8 Å². The van der Waals surface area contributed by atoms with Crippen molar-refractivity contribution in [3.63, 3.8) is 0 Å². The van der Waals surface area contributed by atoms with E-state index in [4.69, 9.17) is 4.99 Å². The Morgan fingerprint density at radius 3 is 2.28 bits per heavy atom. The first-order chi connectivity index (χ1) is 15.0. The second-order valence-corrected chi connectivity index (χ2v) is 9.27. The molecule has 3 rings (SSSR count). The number of likely N-dealkylation sites (N-methyl/N-ethyl adjacent to an activating group) is 1. The highest BCUT2D eigenvalue weighted by Gasteiger charge is 2.24. The van der Waals surface area contributed by atoms with Crippen LogP contribution in [-0.4, -0.2) is 66.7 Å². The summed E-state index contributed by atoms with van der Waals surface area (Å²) in [5, 5.41) is 19.3. The number of piperazine rings is 1. The SMILES string of the molecule is CCNC(=NCc1ccc(CN2CCN(CC)CC2)cc1)NCC(C)(O)c1cccs1.I. The molecule has 0 spiro atoms. The monoisotopic (exact) mass is 571 g/mol. The number of aliphatic imine (C=N–C) groups is 1. The molecule has 178 valence electrons. The van der Waals surface area contributed by atoms with Crippen LogP contribution < -0.4 is 10.6 Å². The van der Waals surface area contributed by atoms with Crippen molar-refractivity contribution in [2.24, 2.45) is 4.99 Å². The smallest absolute Gasteiger partial charge is 0.191 e. The highest BCUT2D eigenvalue weighted by Crippen LogP contribution is 2.24. The van der Waals surface area contributed by atoms with Crippen LogP contribution in [0.5, 0.6) is 0 Å². The lowest BCUT2D eigenvalue weighted by Gasteiger charge is -2.34. The molecule has 1 unspecified atom stereocenters. The number of benzene rings is 1. The second kappa shape index (κ2) is 13.5. The Morgan fingerprint density at radius 1 is 1.03 bits per heavy atom. The first-order valence-electron chi connectivity index (χ1n) is 11.3. The summed E-state index contributed by atoms with van der Waals surface area (Å²) in [7, 11) is 0. The molecule has 32 heavy (non-hydrogen) atoms. The van der Waals surface area contributed by atoms with Crippen LogP contribution in [0.2, 0.25) is 0 Å². The zero-order valence-corrected chi connectivity index (χ0v) is 22.7. The van der Waals surface area contributed by atoms with Gasteiger partial charge in [-0.15, -0.1) is 35.3 Å². The number of hydrogen-bond acceptors (Lipinski definition) is 5. The number of rotatable bonds is 9. The third-order valence-electron chi connectivity index (χ3n) is 5.76. The van der Waals surface area contributed by atoms with Crippen molar-refractivity contribution in [2.45, 2.75) is 39.5 Å². The molecule has 0 amide bonds. The number of nitrogens with one attached hydrogen (secondary N) is 2. The molecule has 1 fully saturated rings. The van der Waals surface area contributed by atoms with Crippen LogP contribution in [0.4, 0.5) is 0 Å². The summed E-state index contributed by atoms with van der Waals surface area (Å²) < 4.78 is 0. The van der Waals surface area contributed by atoms with E-state index in [0.29, 0.717) is 13.1 Å². The van der Waals surface area contributed by atoms with E-state index >= 15 is 0 Å². The van der Waals surface area contributed by atoms with E-state index in [9.17, 15) is 5.11 Å². The average molecular weight is 572 g/mol. The summed E-state index contributed by atoms with van der Waals surface area (Å²) in [5.41, 5.74) is 1.62. The van der Waals surface area contributed by atoms with Gasteiger partial charge in [-0.05, 0) is 43.0 Å². The van der Waals surface area contributed by atoms with Crippen LogP contribution >= 0.6 is 35.3 Å². The normalized spacial score (nSPS) is 17.4. The van der Waals surface area contributed by atoms with Crippen molar-refractivity contribution >= 4 is 41.3 Å². The fourth-order valence-electron chi connectivity index (χ4n) is 3.71. The number of aliphatic hydroxyl groups is 1. The summed E-state index contributed by atoms with van der Waals surface area (Å²) in [6.07, 6.45) is 0. The van der Waals surface area contributed by atoms with Crippen molar-refractivity contribution in [3.8, 4) is 0 Å². The molecule has 8 heteroatoms. The molecule has 1 aliphatic heterocycles. The Bertz CT molecular complexity index is 802. The summed E-state index contributed by atoms with van der Waals surface area (Å²) in [5.74, 6) is 0.720. The molecule has 0 radical (unpaired) electrons. The Balaban J connectivity index is 0.00000363. The maximum absolute atomic E-state index is 10.7. The van der Waals surface area contributed by atoms with Gasteiger partial charge in [-0.2, -0.15) is 0 Å². The van der Waals surface area contributed by atoms with Crippen LogP contribution in [0, 0.1) is 0 Å². The molecule has 2 heterocycles. The van der Waals surface area contributed by atoms with E-state index in [0.717, 1.165) is 43.6 Å². The van der Waals surface area contributed by atoms with Crippen LogP contribution in [0.15, 0.2) is 46.8 Å². The molecule has 6 nitrogen and oxygen atoms in total. The van der Waals surface area contributed by atoms with Crippen LogP contribution in [-0.2, 0) is 18.7 Å². The zero-order chi connectivity index (χ0) is 22.1. The largest absolute Gasteiger partial charge is 0.383 e. The van der Waals surface area contributed by atoms with Crippen LogP contribution in [0.3, 0.4) is 0 Å². The van der Waals surface area contributed by atoms with Gasteiger partial charge >= 0.3 is 0 Å². The molecule has 3 N–H and O–H groups in total. The van der Waals surface area contributed by atoms with Gasteiger partial charge in [0, 0.05) is 44.1 Å². The molecule has 0 saturated carbocycles. The lowest BCUT2D eigenvalue weighted by molar-refractivity contribution is 0.0655. The number of hydrogen-bond donors (Lipinski definition) is 3. The summed E-state index contributed by atoms with van der Waals surface area (Å²) >= 11 is 1.56. The maximum atomic E-state index is 10.7. The topological polar surface area (TPSA) is 63.1 Å². The quantitative estimate of drug-likeness (QED) is 0.245. The Kier molecular flexibility index (Phi) is 11.4. The minimum Gasteiger partial charge on any atom is -0.383 e. The van der Waals surface area contributed by atoms with E-state index in [1.54, 1.807) is 11.3 Å². The standard InChI is InChI=1S/C24H37N5OS.HI/c1-4-25-23(27-19-24(3,30)22-7-6-16-31-22)26-17-20-8-10-21(11-9-20)18-29-14-12-28(5-2)13-15-29;/h6-11,16,30H,4-5,12-15,17-19H2,1-3H3,(H2,25,26,27);1H. The van der Waals surface area contributed by atoms with Crippen molar-refractivity contribution in [2.75, 3.05) is 45.8 Å². The van der Waals surface area contributed by atoms with Crippen molar-refractivity contribution in [3.05, 3.63) is 57.8 Å². The minimum absolute atomic E-state index is 0. The second-order valence-electron chi connectivity index (χ2n) is 8.33. The summed E-state index contributed by atoms with van der Waals surface area (Å²) in [6.45, 7) is 14.7. The molecule has 2 aromatic rings. The van der Waals surface area contributed by atoms with Gasteiger partial charge in [0.2, 0.25) is 0 Å². The molecular weight excluding hydrogens is 533 g/mol. The first-order valence-corrected chi connectivity index (χ1v) is 12.2. The Hall–Kier alpha value is -1.20. The molecule has 1 aromatic heterocycles. The van der Waals surface area contributed by atoms with E-state index in [-0.39, 0.29) is 24.0 Å². The van der Waals surface area contributed by atoms with Gasteiger partial charge in [-0.25, -0.2) is 4.99 Å². The van der Waals surface area contributed by atoms with Gasteiger partial charge in [0.1, 0.15) is 5.60 Å². The predicted molar refractivity (Wildman–Crippen MR) is 146 cm³/mol. The van der Waals surface area contributed by atoms with Crippen molar-refractivity contribution < 1.29 is 5.11 Å². The van der Waals surface area contributed by atoms with Gasteiger partial charge in [-0.3, -0.25) is 4.90 Å². The van der Waals surface area contributed by atoms with Crippen molar-refractivity contribution in [1.82, 2.24) is 20.4 Å². The van der Waals surface area contributed by atoms with Gasteiger partial charge in [0.15, 0.2) is 5.96 Å². The Morgan fingerprint density at radius 2 is 1.69 bits per heavy atom. The van der Waals surface area contributed by atoms with E-state index in [2.05, 4.69) is 51.6 Å².